The van der Waals surface area contributed by atoms with Gasteiger partial charge in [0.25, 0.3) is 11.6 Å². The SMILES string of the molecule is O=C(O)C1=CS[C@H]2/C(=C\c3ccc(C(=O)OCc4ccc([N+](=O)[O-])cc4)o3)C(=O)N12. The third kappa shape index (κ3) is 3.46. The first-order valence-corrected chi connectivity index (χ1v) is 9.44. The molecule has 0 unspecified atom stereocenters. The normalized spacial score (nSPS) is 18.6. The van der Waals surface area contributed by atoms with Gasteiger partial charge in [0.15, 0.2) is 0 Å². The standard InChI is InChI=1S/C19H12N2O8S/c22-16-13(17-20(16)14(9-30-17)18(23)24)7-12-5-6-15(29-12)19(25)28-8-10-1-3-11(4-2-10)21(26)27/h1-7,9,17H,8H2,(H,23,24)/b13-7-/t17-/m0/s1. The highest BCUT2D eigenvalue weighted by atomic mass is 32.2. The number of carbonyl (C=O) groups is 3. The number of aliphatic carboxylic acids is 1. The molecule has 2 aromatic rings. The number of ether oxygens (including phenoxy) is 1. The van der Waals surface area contributed by atoms with E-state index in [0.29, 0.717) is 11.1 Å². The molecule has 1 N–H and O–H groups in total. The minimum atomic E-state index is -1.17. The highest BCUT2D eigenvalue weighted by molar-refractivity contribution is 8.03. The number of esters is 1. The van der Waals surface area contributed by atoms with Crippen molar-refractivity contribution in [2.24, 2.45) is 0 Å². The van der Waals surface area contributed by atoms with Crippen LogP contribution in [0.15, 0.2) is 57.5 Å². The number of rotatable bonds is 6. The Labute approximate surface area is 172 Å². The molecular formula is C19H12N2O8S. The number of nitro benzene ring substituents is 1. The zero-order valence-electron chi connectivity index (χ0n) is 15.0. The topological polar surface area (TPSA) is 140 Å². The van der Waals surface area contributed by atoms with Crippen LogP contribution in [0.3, 0.4) is 0 Å². The molecule has 0 radical (unpaired) electrons. The van der Waals surface area contributed by atoms with Crippen LogP contribution in [0.2, 0.25) is 0 Å². The molecule has 0 aliphatic carbocycles. The molecule has 2 aliphatic rings. The Bertz CT molecular complexity index is 1130. The Kier molecular flexibility index (Phi) is 4.88. The first-order chi connectivity index (χ1) is 14.3. The Hall–Kier alpha value is -3.86. The van der Waals surface area contributed by atoms with E-state index in [1.165, 1.54) is 64.5 Å². The van der Waals surface area contributed by atoms with Crippen molar-refractivity contribution >= 4 is 41.4 Å². The molecule has 152 valence electrons. The van der Waals surface area contributed by atoms with Crippen LogP contribution in [0.25, 0.3) is 6.08 Å². The fourth-order valence-electron chi connectivity index (χ4n) is 2.89. The highest BCUT2D eigenvalue weighted by Gasteiger charge is 2.49. The van der Waals surface area contributed by atoms with E-state index < -0.39 is 28.1 Å². The van der Waals surface area contributed by atoms with E-state index in [1.54, 1.807) is 0 Å². The number of thioether (sulfide) groups is 1. The second-order valence-electron chi connectivity index (χ2n) is 6.27. The van der Waals surface area contributed by atoms with Crippen LogP contribution in [0, 0.1) is 10.1 Å². The van der Waals surface area contributed by atoms with Crippen molar-refractivity contribution in [1.82, 2.24) is 4.90 Å². The summed E-state index contributed by atoms with van der Waals surface area (Å²) in [6, 6.07) is 8.48. The van der Waals surface area contributed by atoms with Gasteiger partial charge in [-0.25, -0.2) is 9.59 Å². The van der Waals surface area contributed by atoms with Crippen LogP contribution in [0.1, 0.15) is 21.9 Å². The van der Waals surface area contributed by atoms with Gasteiger partial charge in [-0.1, -0.05) is 0 Å². The van der Waals surface area contributed by atoms with Crippen molar-refractivity contribution in [2.75, 3.05) is 0 Å². The molecule has 1 saturated heterocycles. The van der Waals surface area contributed by atoms with Gasteiger partial charge >= 0.3 is 11.9 Å². The molecule has 1 amide bonds. The monoisotopic (exact) mass is 428 g/mol. The average Bonchev–Trinajstić information content (AvgIpc) is 3.35. The van der Waals surface area contributed by atoms with Gasteiger partial charge in [-0.05, 0) is 35.9 Å². The summed E-state index contributed by atoms with van der Waals surface area (Å²) in [4.78, 5) is 46.7. The zero-order chi connectivity index (χ0) is 21.4. The smallest absolute Gasteiger partial charge is 0.374 e. The molecule has 0 bridgehead atoms. The Morgan fingerprint density at radius 2 is 2.00 bits per heavy atom. The minimum absolute atomic E-state index is 0.0657. The largest absolute Gasteiger partial charge is 0.477 e. The number of nitro groups is 1. The van der Waals surface area contributed by atoms with Crippen LogP contribution in [-0.4, -0.2) is 38.1 Å². The number of β-lactam (4-membered cyclic amide) rings is 1. The second kappa shape index (κ2) is 7.52. The number of amides is 1. The number of hydrogen-bond acceptors (Lipinski definition) is 8. The van der Waals surface area contributed by atoms with Gasteiger partial charge in [0.2, 0.25) is 5.76 Å². The summed E-state index contributed by atoms with van der Waals surface area (Å²) in [6.07, 6.45) is 1.46. The number of carbonyl (C=O) groups excluding carboxylic acids is 2. The first kappa shape index (κ1) is 19.5. The first-order valence-electron chi connectivity index (χ1n) is 8.49. The predicted octanol–water partition coefficient (Wildman–Crippen LogP) is 2.77. The molecule has 2 aliphatic heterocycles. The molecule has 1 atom stereocenters. The number of hydrogen-bond donors (Lipinski definition) is 1. The predicted molar refractivity (Wildman–Crippen MR) is 103 cm³/mol. The van der Waals surface area contributed by atoms with Crippen LogP contribution >= 0.6 is 11.8 Å². The molecular weight excluding hydrogens is 416 g/mol. The molecule has 11 heteroatoms. The van der Waals surface area contributed by atoms with Gasteiger partial charge in [-0.15, -0.1) is 11.8 Å². The van der Waals surface area contributed by atoms with Crippen molar-refractivity contribution in [3.63, 3.8) is 0 Å². The van der Waals surface area contributed by atoms with E-state index in [-0.39, 0.29) is 29.5 Å². The van der Waals surface area contributed by atoms with Crippen LogP contribution in [-0.2, 0) is 20.9 Å². The lowest BCUT2D eigenvalue weighted by Gasteiger charge is -2.36. The lowest BCUT2D eigenvalue weighted by molar-refractivity contribution is -0.384. The van der Waals surface area contributed by atoms with Gasteiger partial charge in [0, 0.05) is 17.5 Å². The lowest BCUT2D eigenvalue weighted by Crippen LogP contribution is -2.51. The van der Waals surface area contributed by atoms with Gasteiger partial charge in [-0.3, -0.25) is 19.8 Å². The van der Waals surface area contributed by atoms with Crippen molar-refractivity contribution in [2.45, 2.75) is 12.0 Å². The van der Waals surface area contributed by atoms with Gasteiger partial charge in [-0.2, -0.15) is 0 Å². The summed E-state index contributed by atoms with van der Waals surface area (Å²) in [5, 5.41) is 20.7. The average molecular weight is 428 g/mol. The van der Waals surface area contributed by atoms with E-state index in [9.17, 15) is 24.5 Å². The minimum Gasteiger partial charge on any atom is -0.477 e. The molecule has 30 heavy (non-hydrogen) atoms. The number of non-ortho nitro benzene ring substituents is 1. The molecule has 1 aromatic carbocycles. The summed E-state index contributed by atoms with van der Waals surface area (Å²) >= 11 is 1.20. The number of nitrogens with zero attached hydrogens (tertiary/aromatic N) is 2. The Morgan fingerprint density at radius 1 is 1.27 bits per heavy atom. The maximum absolute atomic E-state index is 12.2. The molecule has 10 nitrogen and oxygen atoms in total. The van der Waals surface area contributed by atoms with E-state index in [4.69, 9.17) is 14.3 Å². The maximum Gasteiger partial charge on any atom is 0.374 e. The fourth-order valence-corrected chi connectivity index (χ4v) is 4.01. The molecule has 1 fully saturated rings. The number of carboxylic acid groups (broad SMARTS) is 1. The number of fused-ring (bicyclic) bond motifs is 1. The second-order valence-corrected chi connectivity index (χ2v) is 7.23. The number of furan rings is 1. The van der Waals surface area contributed by atoms with Gasteiger partial charge in [0.1, 0.15) is 23.4 Å². The van der Waals surface area contributed by atoms with Crippen molar-refractivity contribution < 1.29 is 33.6 Å². The Morgan fingerprint density at radius 3 is 2.67 bits per heavy atom. The van der Waals surface area contributed by atoms with Gasteiger partial charge < -0.3 is 14.3 Å². The van der Waals surface area contributed by atoms with E-state index in [1.807, 2.05) is 0 Å². The van der Waals surface area contributed by atoms with Crippen molar-refractivity contribution in [3.05, 3.63) is 80.3 Å². The maximum atomic E-state index is 12.2. The van der Waals surface area contributed by atoms with E-state index >= 15 is 0 Å². The quantitative estimate of drug-likeness (QED) is 0.242. The zero-order valence-corrected chi connectivity index (χ0v) is 15.8. The summed E-state index contributed by atoms with van der Waals surface area (Å²) < 4.78 is 10.5. The summed E-state index contributed by atoms with van der Waals surface area (Å²) in [5.74, 6) is -2.16. The third-order valence-corrected chi connectivity index (χ3v) is 5.48. The molecule has 0 spiro atoms. The van der Waals surface area contributed by atoms with Crippen LogP contribution in [0.4, 0.5) is 5.69 Å². The van der Waals surface area contributed by atoms with Gasteiger partial charge in [0.05, 0.1) is 10.5 Å². The van der Waals surface area contributed by atoms with Crippen LogP contribution in [0.5, 0.6) is 0 Å². The van der Waals surface area contributed by atoms with E-state index in [2.05, 4.69) is 0 Å². The Balaban J connectivity index is 1.38. The molecule has 3 heterocycles. The summed E-state index contributed by atoms with van der Waals surface area (Å²) in [5.41, 5.74) is 0.807. The fraction of sp³-hybridized carbons (Fsp3) is 0.105. The third-order valence-electron chi connectivity index (χ3n) is 4.40. The highest BCUT2D eigenvalue weighted by Crippen LogP contribution is 2.45. The molecule has 1 aromatic heterocycles. The summed E-state index contributed by atoms with van der Waals surface area (Å²) in [6.45, 7) is -0.0935. The molecule has 0 saturated carbocycles. The van der Waals surface area contributed by atoms with E-state index in [0.717, 1.165) is 0 Å². The molecule has 4 rings (SSSR count). The van der Waals surface area contributed by atoms with Crippen molar-refractivity contribution in [3.8, 4) is 0 Å². The number of carboxylic acids is 1. The lowest BCUT2D eigenvalue weighted by atomic mass is 10.0. The number of benzene rings is 1. The van der Waals surface area contributed by atoms with Crippen molar-refractivity contribution in [1.29, 1.82) is 0 Å². The van der Waals surface area contributed by atoms with Crippen LogP contribution < -0.4 is 0 Å². The summed E-state index contributed by atoms with van der Waals surface area (Å²) in [7, 11) is 0.